The zero-order chi connectivity index (χ0) is 15.3. The van der Waals surface area contributed by atoms with Crippen LogP contribution in [0.5, 0.6) is 5.75 Å². The van der Waals surface area contributed by atoms with Crippen molar-refractivity contribution in [1.29, 1.82) is 0 Å². The topological polar surface area (TPSA) is 26.7 Å². The van der Waals surface area contributed by atoms with Gasteiger partial charge < -0.3 is 10.0 Å². The Labute approximate surface area is 122 Å². The number of halogens is 1. The lowest BCUT2D eigenvalue weighted by Crippen LogP contribution is -2.36. The molecule has 3 nitrogen and oxygen atoms in total. The quantitative estimate of drug-likeness (QED) is 0.832. The third-order valence-electron chi connectivity index (χ3n) is 3.42. The van der Waals surface area contributed by atoms with Gasteiger partial charge in [-0.15, -0.1) is 0 Å². The highest BCUT2D eigenvalue weighted by Crippen LogP contribution is 2.29. The van der Waals surface area contributed by atoms with E-state index in [1.54, 1.807) is 6.07 Å². The molecule has 1 rings (SSSR count). The molecule has 0 saturated heterocycles. The summed E-state index contributed by atoms with van der Waals surface area (Å²) < 4.78 is 13.1. The summed E-state index contributed by atoms with van der Waals surface area (Å²) in [6, 6.07) is 4.34. The maximum atomic E-state index is 13.1. The molecule has 4 heteroatoms. The van der Waals surface area contributed by atoms with Gasteiger partial charge in [-0.25, -0.2) is 4.39 Å². The molecule has 0 fully saturated rings. The van der Waals surface area contributed by atoms with Crippen molar-refractivity contribution in [1.82, 2.24) is 9.80 Å². The number of hydrogen-bond donors (Lipinski definition) is 1. The summed E-state index contributed by atoms with van der Waals surface area (Å²) >= 11 is 0. The van der Waals surface area contributed by atoms with Crippen LogP contribution >= 0.6 is 0 Å². The number of phenolic OH excluding ortho intramolecular Hbond substituents is 1. The van der Waals surface area contributed by atoms with Crippen LogP contribution in [0.4, 0.5) is 4.39 Å². The summed E-state index contributed by atoms with van der Waals surface area (Å²) in [5.41, 5.74) is 0.783. The van der Waals surface area contributed by atoms with Crippen LogP contribution in [0.3, 0.4) is 0 Å². The monoisotopic (exact) mass is 282 g/mol. The van der Waals surface area contributed by atoms with Gasteiger partial charge in [-0.3, -0.25) is 4.90 Å². The lowest BCUT2D eigenvalue weighted by molar-refractivity contribution is 0.168. The first-order chi connectivity index (χ1) is 9.31. The molecule has 1 atom stereocenters. The Morgan fingerprint density at radius 1 is 1.15 bits per heavy atom. The molecule has 1 aromatic carbocycles. The molecule has 0 aliphatic carbocycles. The van der Waals surface area contributed by atoms with E-state index in [0.29, 0.717) is 5.92 Å². The highest BCUT2D eigenvalue weighted by molar-refractivity contribution is 5.35. The van der Waals surface area contributed by atoms with Gasteiger partial charge in [0.2, 0.25) is 0 Å². The molecule has 20 heavy (non-hydrogen) atoms. The second-order valence-corrected chi connectivity index (χ2v) is 6.07. The zero-order valence-electron chi connectivity index (χ0n) is 13.2. The molecule has 0 spiro atoms. The van der Waals surface area contributed by atoms with Gasteiger partial charge in [0.05, 0.1) is 0 Å². The molecule has 1 unspecified atom stereocenters. The van der Waals surface area contributed by atoms with E-state index < -0.39 is 5.82 Å². The molecule has 1 N–H and O–H groups in total. The van der Waals surface area contributed by atoms with Crippen molar-refractivity contribution in [3.8, 4) is 5.75 Å². The summed E-state index contributed by atoms with van der Waals surface area (Å²) in [6.07, 6.45) is 0. The van der Waals surface area contributed by atoms with E-state index in [2.05, 4.69) is 30.6 Å². The Kier molecular flexibility index (Phi) is 6.43. The first-order valence-corrected chi connectivity index (χ1v) is 7.18. The van der Waals surface area contributed by atoms with E-state index in [-0.39, 0.29) is 11.8 Å². The van der Waals surface area contributed by atoms with Crippen LogP contribution in [0, 0.1) is 11.7 Å². The molecule has 0 aliphatic heterocycles. The van der Waals surface area contributed by atoms with Crippen molar-refractivity contribution in [2.24, 2.45) is 5.92 Å². The van der Waals surface area contributed by atoms with E-state index in [0.717, 1.165) is 25.2 Å². The highest BCUT2D eigenvalue weighted by Gasteiger charge is 2.19. The number of hydrogen-bond acceptors (Lipinski definition) is 3. The van der Waals surface area contributed by atoms with Crippen molar-refractivity contribution in [2.75, 3.05) is 33.7 Å². The van der Waals surface area contributed by atoms with Crippen molar-refractivity contribution >= 4 is 0 Å². The average molecular weight is 282 g/mol. The van der Waals surface area contributed by atoms with Crippen LogP contribution in [-0.2, 0) is 0 Å². The standard InChI is InChI=1S/C16H27FN2O/c1-12(2)11-19(9-8-18(4)5)13(3)15-7-6-14(17)10-16(15)20/h6-7,10,12-13,20H,8-9,11H2,1-5H3. The SMILES string of the molecule is CC(C)CN(CCN(C)C)C(C)c1ccc(F)cc1O. The number of likely N-dealkylation sites (N-methyl/N-ethyl adjacent to an activating group) is 1. The molecular weight excluding hydrogens is 255 g/mol. The summed E-state index contributed by atoms with van der Waals surface area (Å²) in [5.74, 6) is 0.181. The molecule has 0 aliphatic rings. The van der Waals surface area contributed by atoms with Gasteiger partial charge >= 0.3 is 0 Å². The van der Waals surface area contributed by atoms with Crippen LogP contribution < -0.4 is 0 Å². The Bertz CT molecular complexity index is 421. The predicted octanol–water partition coefficient (Wildman–Crippen LogP) is 3.11. The van der Waals surface area contributed by atoms with Gasteiger partial charge in [0.15, 0.2) is 0 Å². The van der Waals surface area contributed by atoms with Crippen molar-refractivity contribution < 1.29 is 9.50 Å². The Balaban J connectivity index is 2.87. The number of benzene rings is 1. The smallest absolute Gasteiger partial charge is 0.126 e. The van der Waals surface area contributed by atoms with Crippen LogP contribution in [-0.4, -0.2) is 48.6 Å². The van der Waals surface area contributed by atoms with E-state index in [9.17, 15) is 9.50 Å². The normalized spacial score (nSPS) is 13.4. The van der Waals surface area contributed by atoms with Gasteiger partial charge in [-0.2, -0.15) is 0 Å². The van der Waals surface area contributed by atoms with Crippen LogP contribution in [0.1, 0.15) is 32.4 Å². The maximum absolute atomic E-state index is 13.1. The number of nitrogens with zero attached hydrogens (tertiary/aromatic N) is 2. The second-order valence-electron chi connectivity index (χ2n) is 6.07. The van der Waals surface area contributed by atoms with Crippen LogP contribution in [0.2, 0.25) is 0 Å². The molecular formula is C16H27FN2O. The summed E-state index contributed by atoms with van der Waals surface area (Å²) in [5, 5.41) is 9.95. The maximum Gasteiger partial charge on any atom is 0.126 e. The lowest BCUT2D eigenvalue weighted by Gasteiger charge is -2.32. The summed E-state index contributed by atoms with van der Waals surface area (Å²) in [4.78, 5) is 4.47. The fourth-order valence-corrected chi connectivity index (χ4v) is 2.31. The predicted molar refractivity (Wildman–Crippen MR) is 81.4 cm³/mol. The van der Waals surface area contributed by atoms with E-state index in [4.69, 9.17) is 0 Å². The van der Waals surface area contributed by atoms with Crippen molar-refractivity contribution in [2.45, 2.75) is 26.8 Å². The minimum absolute atomic E-state index is 0.0381. The fourth-order valence-electron chi connectivity index (χ4n) is 2.31. The third-order valence-corrected chi connectivity index (χ3v) is 3.42. The van der Waals surface area contributed by atoms with E-state index in [1.165, 1.54) is 12.1 Å². The van der Waals surface area contributed by atoms with E-state index in [1.807, 2.05) is 14.1 Å². The fraction of sp³-hybridized carbons (Fsp3) is 0.625. The Morgan fingerprint density at radius 2 is 1.80 bits per heavy atom. The minimum Gasteiger partial charge on any atom is -0.508 e. The summed E-state index contributed by atoms with van der Waals surface area (Å²) in [7, 11) is 4.10. The van der Waals surface area contributed by atoms with Crippen molar-refractivity contribution in [3.63, 3.8) is 0 Å². The number of rotatable bonds is 7. The van der Waals surface area contributed by atoms with Gasteiger partial charge in [0.25, 0.3) is 0 Å². The molecule has 0 bridgehead atoms. The summed E-state index contributed by atoms with van der Waals surface area (Å²) in [6.45, 7) is 9.25. The molecule has 0 radical (unpaired) electrons. The average Bonchev–Trinajstić information content (AvgIpc) is 2.33. The molecule has 0 heterocycles. The highest BCUT2D eigenvalue weighted by atomic mass is 19.1. The molecule has 114 valence electrons. The Morgan fingerprint density at radius 3 is 2.30 bits per heavy atom. The van der Waals surface area contributed by atoms with Crippen LogP contribution in [0.15, 0.2) is 18.2 Å². The molecule has 1 aromatic rings. The van der Waals surface area contributed by atoms with E-state index >= 15 is 0 Å². The van der Waals surface area contributed by atoms with Gasteiger partial charge in [-0.1, -0.05) is 19.9 Å². The molecule has 0 amide bonds. The molecule has 0 aromatic heterocycles. The number of phenols is 1. The minimum atomic E-state index is -0.401. The first-order valence-electron chi connectivity index (χ1n) is 7.18. The second kappa shape index (κ2) is 7.60. The van der Waals surface area contributed by atoms with Gasteiger partial charge in [0.1, 0.15) is 11.6 Å². The van der Waals surface area contributed by atoms with Crippen LogP contribution in [0.25, 0.3) is 0 Å². The number of aromatic hydroxyl groups is 1. The van der Waals surface area contributed by atoms with Gasteiger partial charge in [-0.05, 0) is 33.0 Å². The lowest BCUT2D eigenvalue weighted by atomic mass is 10.0. The first kappa shape index (κ1) is 16.9. The van der Waals surface area contributed by atoms with Crippen molar-refractivity contribution in [3.05, 3.63) is 29.6 Å². The largest absolute Gasteiger partial charge is 0.508 e. The zero-order valence-corrected chi connectivity index (χ0v) is 13.2. The Hall–Kier alpha value is -1.13. The van der Waals surface area contributed by atoms with Gasteiger partial charge in [0, 0.05) is 37.3 Å². The third kappa shape index (κ3) is 5.10. The molecule has 0 saturated carbocycles.